The standard InChI is InChI=1S/C12H17N3O2/c1-8-5-10(14-17-8)12(16)15-6-9-3-2-4-13-11(9)7-15/h5,9,11,13H,2-4,6-7H2,1H3/t9-,11+/m0/s1. The Morgan fingerprint density at radius 2 is 2.47 bits per heavy atom. The Hall–Kier alpha value is -1.36. The average molecular weight is 235 g/mol. The summed E-state index contributed by atoms with van der Waals surface area (Å²) in [7, 11) is 0. The molecule has 3 rings (SSSR count). The lowest BCUT2D eigenvalue weighted by molar-refractivity contribution is 0.0775. The highest BCUT2D eigenvalue weighted by Gasteiger charge is 2.37. The summed E-state index contributed by atoms with van der Waals surface area (Å²) in [5, 5.41) is 7.28. The summed E-state index contributed by atoms with van der Waals surface area (Å²) in [4.78, 5) is 14.1. The third-order valence-electron chi connectivity index (χ3n) is 3.73. The van der Waals surface area contributed by atoms with Crippen LogP contribution in [0.25, 0.3) is 0 Å². The van der Waals surface area contributed by atoms with Gasteiger partial charge >= 0.3 is 0 Å². The molecule has 3 heterocycles. The highest BCUT2D eigenvalue weighted by molar-refractivity contribution is 5.92. The molecule has 1 N–H and O–H groups in total. The maximum Gasteiger partial charge on any atom is 0.276 e. The molecule has 2 aliphatic rings. The van der Waals surface area contributed by atoms with E-state index in [1.807, 2.05) is 4.90 Å². The molecular formula is C12H17N3O2. The number of nitrogens with one attached hydrogen (secondary N) is 1. The van der Waals surface area contributed by atoms with Crippen LogP contribution in [0.5, 0.6) is 0 Å². The first-order valence-corrected chi connectivity index (χ1v) is 6.20. The van der Waals surface area contributed by atoms with E-state index in [0.717, 1.165) is 19.6 Å². The number of hydrogen-bond donors (Lipinski definition) is 1. The van der Waals surface area contributed by atoms with Gasteiger partial charge in [-0.1, -0.05) is 5.16 Å². The number of aromatic nitrogens is 1. The van der Waals surface area contributed by atoms with Gasteiger partial charge in [-0.15, -0.1) is 0 Å². The fourth-order valence-electron chi connectivity index (χ4n) is 2.84. The Morgan fingerprint density at radius 1 is 1.59 bits per heavy atom. The molecule has 0 spiro atoms. The molecule has 0 saturated carbocycles. The van der Waals surface area contributed by atoms with Gasteiger partial charge in [-0.3, -0.25) is 4.79 Å². The van der Waals surface area contributed by atoms with E-state index in [1.165, 1.54) is 12.8 Å². The molecule has 1 amide bonds. The van der Waals surface area contributed by atoms with E-state index >= 15 is 0 Å². The number of nitrogens with zero attached hydrogens (tertiary/aromatic N) is 2. The number of piperidine rings is 1. The molecule has 2 fully saturated rings. The Kier molecular flexibility index (Phi) is 2.63. The van der Waals surface area contributed by atoms with Gasteiger partial charge in [-0.2, -0.15) is 0 Å². The third kappa shape index (κ3) is 1.95. The van der Waals surface area contributed by atoms with Crippen LogP contribution in [-0.4, -0.2) is 41.6 Å². The summed E-state index contributed by atoms with van der Waals surface area (Å²) in [6.45, 7) is 4.53. The first kappa shape index (κ1) is 10.8. The van der Waals surface area contributed by atoms with Crippen molar-refractivity contribution < 1.29 is 9.32 Å². The van der Waals surface area contributed by atoms with Crippen LogP contribution >= 0.6 is 0 Å². The minimum atomic E-state index is -0.00181. The molecule has 5 heteroatoms. The maximum atomic E-state index is 12.2. The van der Waals surface area contributed by atoms with Crippen LogP contribution < -0.4 is 5.32 Å². The Labute approximate surface area is 100 Å². The second-order valence-corrected chi connectivity index (χ2v) is 5.00. The first-order valence-electron chi connectivity index (χ1n) is 6.20. The van der Waals surface area contributed by atoms with Crippen LogP contribution in [0.2, 0.25) is 0 Å². The molecule has 2 atom stereocenters. The second-order valence-electron chi connectivity index (χ2n) is 5.00. The van der Waals surface area contributed by atoms with Crippen LogP contribution in [0.15, 0.2) is 10.6 Å². The van der Waals surface area contributed by atoms with Crippen molar-refractivity contribution in [3.05, 3.63) is 17.5 Å². The number of fused-ring (bicyclic) bond motifs is 1. The number of hydrogen-bond acceptors (Lipinski definition) is 4. The lowest BCUT2D eigenvalue weighted by atomic mass is 9.94. The number of likely N-dealkylation sites (tertiary alicyclic amines) is 1. The molecule has 1 aromatic heterocycles. The SMILES string of the molecule is Cc1cc(C(=O)N2C[C@@H]3CCCN[C@@H]3C2)no1. The number of carbonyl (C=O) groups excluding carboxylic acids is 1. The van der Waals surface area contributed by atoms with Gasteiger partial charge in [-0.25, -0.2) is 0 Å². The zero-order chi connectivity index (χ0) is 11.8. The highest BCUT2D eigenvalue weighted by atomic mass is 16.5. The number of carbonyl (C=O) groups is 1. The van der Waals surface area contributed by atoms with E-state index in [2.05, 4.69) is 10.5 Å². The van der Waals surface area contributed by atoms with Gasteiger partial charge in [-0.05, 0) is 32.2 Å². The van der Waals surface area contributed by atoms with Gasteiger partial charge < -0.3 is 14.7 Å². The molecule has 1 aromatic rings. The Balaban J connectivity index is 1.71. The quantitative estimate of drug-likeness (QED) is 0.782. The molecule has 17 heavy (non-hydrogen) atoms. The second kappa shape index (κ2) is 4.14. The summed E-state index contributed by atoms with van der Waals surface area (Å²) in [5.41, 5.74) is 0.432. The van der Waals surface area contributed by atoms with Crippen LogP contribution in [0, 0.1) is 12.8 Å². The van der Waals surface area contributed by atoms with Gasteiger partial charge in [0.05, 0.1) is 0 Å². The lowest BCUT2D eigenvalue weighted by Crippen LogP contribution is -2.41. The van der Waals surface area contributed by atoms with Gasteiger partial charge in [0, 0.05) is 25.2 Å². The fourth-order valence-corrected chi connectivity index (χ4v) is 2.84. The van der Waals surface area contributed by atoms with Gasteiger partial charge in [0.25, 0.3) is 5.91 Å². The molecule has 0 bridgehead atoms. The zero-order valence-electron chi connectivity index (χ0n) is 9.98. The highest BCUT2D eigenvalue weighted by Crippen LogP contribution is 2.25. The third-order valence-corrected chi connectivity index (χ3v) is 3.73. The normalized spacial score (nSPS) is 28.2. The van der Waals surface area contributed by atoms with Crippen molar-refractivity contribution in [1.29, 1.82) is 0 Å². The monoisotopic (exact) mass is 235 g/mol. The number of rotatable bonds is 1. The summed E-state index contributed by atoms with van der Waals surface area (Å²) in [6.07, 6.45) is 2.44. The van der Waals surface area contributed by atoms with Gasteiger partial charge in [0.1, 0.15) is 5.76 Å². The molecule has 2 saturated heterocycles. The summed E-state index contributed by atoms with van der Waals surface area (Å²) in [5.74, 6) is 1.29. The first-order chi connectivity index (χ1) is 8.24. The van der Waals surface area contributed by atoms with Gasteiger partial charge in [0.15, 0.2) is 5.69 Å². The minimum Gasteiger partial charge on any atom is -0.361 e. The van der Waals surface area contributed by atoms with Crippen molar-refractivity contribution in [2.24, 2.45) is 5.92 Å². The molecule has 0 unspecified atom stereocenters. The fraction of sp³-hybridized carbons (Fsp3) is 0.667. The summed E-state index contributed by atoms with van der Waals surface area (Å²) in [6, 6.07) is 2.18. The molecule has 0 aromatic carbocycles. The summed E-state index contributed by atoms with van der Waals surface area (Å²) < 4.78 is 4.95. The molecule has 2 aliphatic heterocycles. The van der Waals surface area contributed by atoms with Gasteiger partial charge in [0.2, 0.25) is 0 Å². The molecule has 0 aliphatic carbocycles. The van der Waals surface area contributed by atoms with Crippen LogP contribution in [0.4, 0.5) is 0 Å². The largest absolute Gasteiger partial charge is 0.361 e. The van der Waals surface area contributed by atoms with Crippen LogP contribution in [0.3, 0.4) is 0 Å². The van der Waals surface area contributed by atoms with Crippen LogP contribution in [-0.2, 0) is 0 Å². The lowest BCUT2D eigenvalue weighted by Gasteiger charge is -2.24. The smallest absolute Gasteiger partial charge is 0.276 e. The molecule has 5 nitrogen and oxygen atoms in total. The van der Waals surface area contributed by atoms with Crippen molar-refractivity contribution in [1.82, 2.24) is 15.4 Å². The van der Waals surface area contributed by atoms with E-state index in [0.29, 0.717) is 23.4 Å². The van der Waals surface area contributed by atoms with Crippen LogP contribution in [0.1, 0.15) is 29.1 Å². The maximum absolute atomic E-state index is 12.2. The Bertz CT molecular complexity index is 415. The average Bonchev–Trinajstić information content (AvgIpc) is 2.93. The minimum absolute atomic E-state index is 0.00181. The van der Waals surface area contributed by atoms with Crippen molar-refractivity contribution in [2.45, 2.75) is 25.8 Å². The number of aryl methyl sites for hydroxylation is 1. The van der Waals surface area contributed by atoms with Crippen molar-refractivity contribution in [2.75, 3.05) is 19.6 Å². The summed E-state index contributed by atoms with van der Waals surface area (Å²) >= 11 is 0. The van der Waals surface area contributed by atoms with Crippen molar-refractivity contribution >= 4 is 5.91 Å². The zero-order valence-corrected chi connectivity index (χ0v) is 9.98. The molecular weight excluding hydrogens is 218 g/mol. The van der Waals surface area contributed by atoms with E-state index in [-0.39, 0.29) is 5.91 Å². The Morgan fingerprint density at radius 3 is 3.18 bits per heavy atom. The van der Waals surface area contributed by atoms with Crippen molar-refractivity contribution in [3.8, 4) is 0 Å². The van der Waals surface area contributed by atoms with E-state index < -0.39 is 0 Å². The van der Waals surface area contributed by atoms with E-state index in [4.69, 9.17) is 4.52 Å². The number of amides is 1. The van der Waals surface area contributed by atoms with E-state index in [9.17, 15) is 4.79 Å². The van der Waals surface area contributed by atoms with Crippen molar-refractivity contribution in [3.63, 3.8) is 0 Å². The predicted octanol–water partition coefficient (Wildman–Crippen LogP) is 0.807. The predicted molar refractivity (Wildman–Crippen MR) is 61.7 cm³/mol. The topological polar surface area (TPSA) is 58.4 Å². The molecule has 92 valence electrons. The van der Waals surface area contributed by atoms with E-state index in [1.54, 1.807) is 13.0 Å². The molecule has 0 radical (unpaired) electrons.